The second-order valence-electron chi connectivity index (χ2n) is 4.75. The van der Waals surface area contributed by atoms with Gasteiger partial charge in [0, 0.05) is 24.0 Å². The first-order chi connectivity index (χ1) is 9.11. The number of fused-ring (bicyclic) bond motifs is 1. The number of aromatic nitrogens is 1. The largest absolute Gasteiger partial charge is 0.327 e. The summed E-state index contributed by atoms with van der Waals surface area (Å²) in [7, 11) is 0. The van der Waals surface area contributed by atoms with Crippen LogP contribution in [0.1, 0.15) is 25.3 Å². The van der Waals surface area contributed by atoms with E-state index in [0.29, 0.717) is 6.42 Å². The van der Waals surface area contributed by atoms with Crippen LogP contribution < -0.4 is 11.1 Å². The van der Waals surface area contributed by atoms with Crippen LogP contribution in [0.15, 0.2) is 30.5 Å². The molecule has 19 heavy (non-hydrogen) atoms. The van der Waals surface area contributed by atoms with Crippen molar-refractivity contribution in [3.8, 4) is 0 Å². The van der Waals surface area contributed by atoms with E-state index in [1.165, 1.54) is 0 Å². The van der Waals surface area contributed by atoms with Gasteiger partial charge >= 0.3 is 0 Å². The monoisotopic (exact) mass is 257 g/mol. The summed E-state index contributed by atoms with van der Waals surface area (Å²) in [4.78, 5) is 16.2. The minimum absolute atomic E-state index is 0.0524. The zero-order valence-electron chi connectivity index (χ0n) is 11.3. The van der Waals surface area contributed by atoms with E-state index >= 15 is 0 Å². The maximum atomic E-state index is 11.9. The highest BCUT2D eigenvalue weighted by atomic mass is 16.1. The molecule has 0 aliphatic carbocycles. The average Bonchev–Trinajstić information content (AvgIpc) is 2.42. The number of pyridine rings is 1. The standard InChI is InChI=1S/C15H19N3O/c1-3-11(16)9-14(19)18-13-7-6-10(2)15-12(13)5-4-8-17-15/h4-8,11H,3,9,16H2,1-2H3,(H,18,19). The van der Waals surface area contributed by atoms with Crippen molar-refractivity contribution in [2.24, 2.45) is 5.73 Å². The Kier molecular flexibility index (Phi) is 4.12. The molecule has 1 unspecified atom stereocenters. The van der Waals surface area contributed by atoms with Crippen molar-refractivity contribution in [3.05, 3.63) is 36.0 Å². The fourth-order valence-electron chi connectivity index (χ4n) is 2.01. The van der Waals surface area contributed by atoms with E-state index < -0.39 is 0 Å². The van der Waals surface area contributed by atoms with Gasteiger partial charge in [0.25, 0.3) is 0 Å². The van der Waals surface area contributed by atoms with Crippen LogP contribution in [-0.4, -0.2) is 16.9 Å². The minimum Gasteiger partial charge on any atom is -0.327 e. The summed E-state index contributed by atoms with van der Waals surface area (Å²) in [5.41, 5.74) is 8.60. The van der Waals surface area contributed by atoms with Gasteiger partial charge in [-0.2, -0.15) is 0 Å². The summed E-state index contributed by atoms with van der Waals surface area (Å²) in [5, 5.41) is 3.88. The molecule has 0 bridgehead atoms. The zero-order chi connectivity index (χ0) is 13.8. The van der Waals surface area contributed by atoms with Crippen molar-refractivity contribution in [1.29, 1.82) is 0 Å². The predicted molar refractivity (Wildman–Crippen MR) is 78.0 cm³/mol. The van der Waals surface area contributed by atoms with Gasteiger partial charge in [0.15, 0.2) is 0 Å². The van der Waals surface area contributed by atoms with Gasteiger partial charge in [-0.05, 0) is 37.1 Å². The number of anilines is 1. The molecule has 2 aromatic rings. The van der Waals surface area contributed by atoms with Crippen molar-refractivity contribution in [3.63, 3.8) is 0 Å². The lowest BCUT2D eigenvalue weighted by molar-refractivity contribution is -0.116. The lowest BCUT2D eigenvalue weighted by Crippen LogP contribution is -2.26. The molecular formula is C15H19N3O. The molecule has 1 aromatic carbocycles. The number of hydrogen-bond acceptors (Lipinski definition) is 3. The SMILES string of the molecule is CCC(N)CC(=O)Nc1ccc(C)c2ncccc12. The number of carbonyl (C=O) groups is 1. The van der Waals surface area contributed by atoms with Gasteiger partial charge in [0.2, 0.25) is 5.91 Å². The van der Waals surface area contributed by atoms with Crippen LogP contribution in [0, 0.1) is 6.92 Å². The molecule has 4 heteroatoms. The van der Waals surface area contributed by atoms with Gasteiger partial charge in [-0.25, -0.2) is 0 Å². The molecule has 0 aliphatic heterocycles. The van der Waals surface area contributed by atoms with Crippen LogP contribution in [0.3, 0.4) is 0 Å². The molecule has 0 aliphatic rings. The lowest BCUT2D eigenvalue weighted by atomic mass is 10.1. The van der Waals surface area contributed by atoms with E-state index in [0.717, 1.165) is 28.6 Å². The molecule has 4 nitrogen and oxygen atoms in total. The summed E-state index contributed by atoms with van der Waals surface area (Å²) >= 11 is 0. The maximum Gasteiger partial charge on any atom is 0.225 e. The van der Waals surface area contributed by atoms with Gasteiger partial charge < -0.3 is 11.1 Å². The van der Waals surface area contributed by atoms with Gasteiger partial charge in [0.1, 0.15) is 0 Å². The lowest BCUT2D eigenvalue weighted by Gasteiger charge is -2.12. The third-order valence-electron chi connectivity index (χ3n) is 3.22. The number of hydrogen-bond donors (Lipinski definition) is 2. The highest BCUT2D eigenvalue weighted by Gasteiger charge is 2.10. The molecule has 0 radical (unpaired) electrons. The summed E-state index contributed by atoms with van der Waals surface area (Å²) in [6, 6.07) is 7.62. The number of aryl methyl sites for hydroxylation is 1. The number of nitrogens with zero attached hydrogens (tertiary/aromatic N) is 1. The second kappa shape index (κ2) is 5.80. The normalized spacial score (nSPS) is 12.4. The Hall–Kier alpha value is -1.94. The smallest absolute Gasteiger partial charge is 0.225 e. The van der Waals surface area contributed by atoms with Gasteiger partial charge in [0.05, 0.1) is 11.2 Å². The minimum atomic E-state index is -0.0881. The molecule has 0 fully saturated rings. The molecule has 100 valence electrons. The first-order valence-electron chi connectivity index (χ1n) is 6.51. The van der Waals surface area contributed by atoms with Gasteiger partial charge in [-0.3, -0.25) is 9.78 Å². The number of benzene rings is 1. The van der Waals surface area contributed by atoms with Crippen LogP contribution in [0.2, 0.25) is 0 Å². The first-order valence-corrected chi connectivity index (χ1v) is 6.51. The topological polar surface area (TPSA) is 68.0 Å². The van der Waals surface area contributed by atoms with Crippen LogP contribution in [0.5, 0.6) is 0 Å². The number of rotatable bonds is 4. The molecule has 0 saturated carbocycles. The van der Waals surface area contributed by atoms with Gasteiger partial charge in [-0.1, -0.05) is 13.0 Å². The number of nitrogens with two attached hydrogens (primary N) is 1. The first kappa shape index (κ1) is 13.5. The molecule has 1 heterocycles. The van der Waals surface area contributed by atoms with E-state index in [4.69, 9.17) is 5.73 Å². The van der Waals surface area contributed by atoms with E-state index in [2.05, 4.69) is 10.3 Å². The van der Waals surface area contributed by atoms with Gasteiger partial charge in [-0.15, -0.1) is 0 Å². The van der Waals surface area contributed by atoms with Crippen LogP contribution in [0.4, 0.5) is 5.69 Å². The van der Waals surface area contributed by atoms with Crippen molar-refractivity contribution < 1.29 is 4.79 Å². The third kappa shape index (κ3) is 3.09. The average molecular weight is 257 g/mol. The van der Waals surface area contributed by atoms with Crippen LogP contribution in [-0.2, 0) is 4.79 Å². The van der Waals surface area contributed by atoms with E-state index in [1.54, 1.807) is 6.20 Å². The van der Waals surface area contributed by atoms with Crippen molar-refractivity contribution in [2.45, 2.75) is 32.7 Å². The molecule has 2 rings (SSSR count). The second-order valence-corrected chi connectivity index (χ2v) is 4.75. The number of amides is 1. The Morgan fingerprint density at radius 1 is 1.42 bits per heavy atom. The molecular weight excluding hydrogens is 238 g/mol. The molecule has 0 saturated heterocycles. The molecule has 3 N–H and O–H groups in total. The summed E-state index contributed by atoms with van der Waals surface area (Å²) < 4.78 is 0. The number of carbonyl (C=O) groups excluding carboxylic acids is 1. The fourth-order valence-corrected chi connectivity index (χ4v) is 2.01. The Balaban J connectivity index is 2.26. The molecule has 1 amide bonds. The zero-order valence-corrected chi connectivity index (χ0v) is 11.3. The Morgan fingerprint density at radius 2 is 2.21 bits per heavy atom. The number of nitrogens with one attached hydrogen (secondary N) is 1. The Labute approximate surface area is 113 Å². The summed E-state index contributed by atoms with van der Waals surface area (Å²) in [6.45, 7) is 3.98. The fraction of sp³-hybridized carbons (Fsp3) is 0.333. The Bertz CT molecular complexity index is 595. The summed E-state index contributed by atoms with van der Waals surface area (Å²) in [6.07, 6.45) is 2.89. The van der Waals surface area contributed by atoms with E-state index in [-0.39, 0.29) is 11.9 Å². The molecule has 0 spiro atoms. The van der Waals surface area contributed by atoms with Crippen molar-refractivity contribution in [1.82, 2.24) is 4.98 Å². The van der Waals surface area contributed by atoms with Crippen molar-refractivity contribution in [2.75, 3.05) is 5.32 Å². The van der Waals surface area contributed by atoms with Crippen LogP contribution in [0.25, 0.3) is 10.9 Å². The van der Waals surface area contributed by atoms with Crippen molar-refractivity contribution >= 4 is 22.5 Å². The van der Waals surface area contributed by atoms with E-state index in [9.17, 15) is 4.79 Å². The molecule has 1 aromatic heterocycles. The maximum absolute atomic E-state index is 11.9. The Morgan fingerprint density at radius 3 is 2.95 bits per heavy atom. The highest BCUT2D eigenvalue weighted by Crippen LogP contribution is 2.24. The predicted octanol–water partition coefficient (Wildman–Crippen LogP) is 2.61. The quantitative estimate of drug-likeness (QED) is 0.884. The van der Waals surface area contributed by atoms with E-state index in [1.807, 2.05) is 38.1 Å². The van der Waals surface area contributed by atoms with Crippen LogP contribution >= 0.6 is 0 Å². The molecule has 1 atom stereocenters. The summed E-state index contributed by atoms with van der Waals surface area (Å²) in [5.74, 6) is -0.0524. The highest BCUT2D eigenvalue weighted by molar-refractivity contribution is 6.01. The third-order valence-corrected chi connectivity index (χ3v) is 3.22.